The molecule has 0 aliphatic heterocycles. The van der Waals surface area contributed by atoms with Crippen molar-refractivity contribution in [3.05, 3.63) is 55.2 Å². The van der Waals surface area contributed by atoms with Gasteiger partial charge in [0.15, 0.2) is 0 Å². The fraction of sp³-hybridized carbons (Fsp3) is 0.400. The van der Waals surface area contributed by atoms with E-state index in [1.807, 2.05) is 34.6 Å². The Labute approximate surface area is 174 Å². The molecule has 27 heavy (non-hydrogen) atoms. The molecule has 1 aromatic carbocycles. The van der Waals surface area contributed by atoms with Gasteiger partial charge in [0.1, 0.15) is 6.04 Å². The Morgan fingerprint density at radius 2 is 1.70 bits per heavy atom. The Kier molecular flexibility index (Phi) is 7.32. The van der Waals surface area contributed by atoms with Crippen molar-refractivity contribution in [3.63, 3.8) is 0 Å². The lowest BCUT2D eigenvalue weighted by molar-refractivity contribution is -0.124. The first kappa shape index (κ1) is 21.7. The lowest BCUT2D eigenvalue weighted by Crippen LogP contribution is -2.50. The summed E-state index contributed by atoms with van der Waals surface area (Å²) in [7, 11) is 0. The van der Waals surface area contributed by atoms with Gasteiger partial charge in [0.05, 0.1) is 16.6 Å². The molecule has 0 saturated heterocycles. The van der Waals surface area contributed by atoms with E-state index in [0.717, 1.165) is 5.56 Å². The fourth-order valence-electron chi connectivity index (χ4n) is 2.89. The van der Waals surface area contributed by atoms with Crippen LogP contribution in [0.4, 0.5) is 0 Å². The SMILES string of the molecule is Cc1cc([C@@H](C)NC(=O)[C@@H](NC(=O)c2ccc(Cl)cc2Cl)C(C)C)c(C)s1. The van der Waals surface area contributed by atoms with Crippen molar-refractivity contribution >= 4 is 46.4 Å². The van der Waals surface area contributed by atoms with E-state index in [1.54, 1.807) is 23.5 Å². The molecule has 4 nitrogen and oxygen atoms in total. The summed E-state index contributed by atoms with van der Waals surface area (Å²) in [5, 5.41) is 6.50. The maximum absolute atomic E-state index is 12.8. The summed E-state index contributed by atoms with van der Waals surface area (Å²) in [4.78, 5) is 27.8. The zero-order valence-electron chi connectivity index (χ0n) is 16.0. The number of benzene rings is 1. The van der Waals surface area contributed by atoms with Gasteiger partial charge >= 0.3 is 0 Å². The normalized spacial score (nSPS) is 13.3. The highest BCUT2D eigenvalue weighted by molar-refractivity contribution is 7.12. The van der Waals surface area contributed by atoms with Crippen LogP contribution in [0.15, 0.2) is 24.3 Å². The summed E-state index contributed by atoms with van der Waals surface area (Å²) < 4.78 is 0. The Balaban J connectivity index is 2.12. The van der Waals surface area contributed by atoms with Crippen molar-refractivity contribution in [2.45, 2.75) is 46.7 Å². The van der Waals surface area contributed by atoms with Gasteiger partial charge in [0.2, 0.25) is 5.91 Å². The predicted molar refractivity (Wildman–Crippen MR) is 113 cm³/mol. The molecule has 2 atom stereocenters. The Morgan fingerprint density at radius 1 is 1.04 bits per heavy atom. The number of hydrogen-bond acceptors (Lipinski definition) is 3. The molecule has 0 radical (unpaired) electrons. The molecule has 2 rings (SSSR count). The van der Waals surface area contributed by atoms with Gasteiger partial charge in [-0.3, -0.25) is 9.59 Å². The molecule has 2 amide bonds. The van der Waals surface area contributed by atoms with Crippen LogP contribution in [-0.2, 0) is 4.79 Å². The van der Waals surface area contributed by atoms with Crippen molar-refractivity contribution in [2.24, 2.45) is 5.92 Å². The number of aryl methyl sites for hydroxylation is 2. The standard InChI is InChI=1S/C20H24Cl2N2O2S/c1-10(2)18(24-19(25)15-7-6-14(21)9-17(15)22)20(26)23-12(4)16-8-11(3)27-13(16)5/h6-10,12,18H,1-5H3,(H,23,26)(H,24,25)/t12-,18+/m1/s1. The lowest BCUT2D eigenvalue weighted by atomic mass is 10.0. The van der Waals surface area contributed by atoms with Crippen molar-refractivity contribution < 1.29 is 9.59 Å². The van der Waals surface area contributed by atoms with Crippen molar-refractivity contribution in [2.75, 3.05) is 0 Å². The largest absolute Gasteiger partial charge is 0.348 e. The van der Waals surface area contributed by atoms with Crippen LogP contribution < -0.4 is 10.6 Å². The van der Waals surface area contributed by atoms with Crippen molar-refractivity contribution in [1.82, 2.24) is 10.6 Å². The Morgan fingerprint density at radius 3 is 2.22 bits per heavy atom. The minimum atomic E-state index is -0.674. The zero-order chi connectivity index (χ0) is 20.3. The van der Waals surface area contributed by atoms with Gasteiger partial charge in [-0.15, -0.1) is 11.3 Å². The highest BCUT2D eigenvalue weighted by Crippen LogP contribution is 2.26. The van der Waals surface area contributed by atoms with E-state index in [1.165, 1.54) is 15.8 Å². The van der Waals surface area contributed by atoms with Gasteiger partial charge in [0.25, 0.3) is 5.91 Å². The van der Waals surface area contributed by atoms with Gasteiger partial charge in [-0.25, -0.2) is 0 Å². The molecule has 0 unspecified atom stereocenters. The van der Waals surface area contributed by atoms with Crippen LogP contribution >= 0.6 is 34.5 Å². The third-order valence-corrected chi connectivity index (χ3v) is 5.85. The molecule has 0 saturated carbocycles. The minimum Gasteiger partial charge on any atom is -0.348 e. The molecule has 0 aliphatic rings. The van der Waals surface area contributed by atoms with Crippen LogP contribution in [-0.4, -0.2) is 17.9 Å². The third kappa shape index (κ3) is 5.47. The smallest absolute Gasteiger partial charge is 0.253 e. The van der Waals surface area contributed by atoms with Crippen LogP contribution in [0.3, 0.4) is 0 Å². The predicted octanol–water partition coefficient (Wildman–Crippen LogP) is 5.30. The van der Waals surface area contributed by atoms with Crippen LogP contribution in [0.5, 0.6) is 0 Å². The maximum Gasteiger partial charge on any atom is 0.253 e. The minimum absolute atomic E-state index is 0.0856. The van der Waals surface area contributed by atoms with E-state index in [4.69, 9.17) is 23.2 Å². The van der Waals surface area contributed by atoms with Crippen LogP contribution in [0.25, 0.3) is 0 Å². The molecule has 0 fully saturated rings. The Bertz CT molecular complexity index is 849. The average Bonchev–Trinajstić information content (AvgIpc) is 2.90. The summed E-state index contributed by atoms with van der Waals surface area (Å²) in [6.45, 7) is 9.81. The molecule has 2 aromatic rings. The van der Waals surface area contributed by atoms with E-state index in [9.17, 15) is 9.59 Å². The molecule has 2 N–H and O–H groups in total. The summed E-state index contributed by atoms with van der Waals surface area (Å²) >= 11 is 13.7. The monoisotopic (exact) mass is 426 g/mol. The highest BCUT2D eigenvalue weighted by atomic mass is 35.5. The molecule has 7 heteroatoms. The first-order valence-corrected chi connectivity index (χ1v) is 10.3. The second-order valence-corrected chi connectivity index (χ2v) is 9.22. The summed E-state index contributed by atoms with van der Waals surface area (Å²) in [6.07, 6.45) is 0. The summed E-state index contributed by atoms with van der Waals surface area (Å²) in [6, 6.07) is 5.92. The zero-order valence-corrected chi connectivity index (χ0v) is 18.4. The number of thiophene rings is 1. The second kappa shape index (κ2) is 9.09. The average molecular weight is 427 g/mol. The molecular weight excluding hydrogens is 403 g/mol. The van der Waals surface area contributed by atoms with E-state index in [2.05, 4.69) is 16.7 Å². The molecule has 1 heterocycles. The summed E-state index contributed by atoms with van der Waals surface area (Å²) in [5.74, 6) is -0.711. The van der Waals surface area contributed by atoms with Gasteiger partial charge in [-0.05, 0) is 56.5 Å². The molecule has 0 bridgehead atoms. The van der Waals surface area contributed by atoms with Crippen molar-refractivity contribution in [3.8, 4) is 0 Å². The first-order valence-electron chi connectivity index (χ1n) is 8.73. The first-order chi connectivity index (χ1) is 12.6. The number of carbonyl (C=O) groups is 2. The van der Waals surface area contributed by atoms with Gasteiger partial charge in [0, 0.05) is 14.8 Å². The molecular formula is C20H24Cl2N2O2S. The van der Waals surface area contributed by atoms with Gasteiger partial charge in [-0.1, -0.05) is 37.0 Å². The van der Waals surface area contributed by atoms with Gasteiger partial charge in [-0.2, -0.15) is 0 Å². The van der Waals surface area contributed by atoms with E-state index in [0.29, 0.717) is 5.02 Å². The topological polar surface area (TPSA) is 58.2 Å². The number of rotatable bonds is 6. The van der Waals surface area contributed by atoms with Crippen molar-refractivity contribution in [1.29, 1.82) is 0 Å². The highest BCUT2D eigenvalue weighted by Gasteiger charge is 2.27. The van der Waals surface area contributed by atoms with Crippen LogP contribution in [0.1, 0.15) is 52.5 Å². The molecule has 146 valence electrons. The number of hydrogen-bond donors (Lipinski definition) is 2. The quantitative estimate of drug-likeness (QED) is 0.657. The molecule has 0 aliphatic carbocycles. The van der Waals surface area contributed by atoms with E-state index >= 15 is 0 Å². The lowest BCUT2D eigenvalue weighted by Gasteiger charge is -2.24. The van der Waals surface area contributed by atoms with E-state index < -0.39 is 11.9 Å². The van der Waals surface area contributed by atoms with Crippen LogP contribution in [0.2, 0.25) is 10.0 Å². The summed E-state index contributed by atoms with van der Waals surface area (Å²) in [5.41, 5.74) is 1.39. The number of halogens is 2. The van der Waals surface area contributed by atoms with E-state index in [-0.39, 0.29) is 28.5 Å². The number of amides is 2. The third-order valence-electron chi connectivity index (χ3n) is 4.32. The molecule has 0 spiro atoms. The fourth-order valence-corrected chi connectivity index (χ4v) is 4.41. The number of carbonyl (C=O) groups excluding carboxylic acids is 2. The van der Waals surface area contributed by atoms with Crippen LogP contribution in [0, 0.1) is 19.8 Å². The number of nitrogens with one attached hydrogen (secondary N) is 2. The second-order valence-electron chi connectivity index (χ2n) is 6.92. The molecule has 1 aromatic heterocycles. The van der Waals surface area contributed by atoms with Gasteiger partial charge < -0.3 is 10.6 Å². The maximum atomic E-state index is 12.8. The Hall–Kier alpha value is -1.56.